The molecule has 1 aromatic carbocycles. The average molecular weight is 388 g/mol. The van der Waals surface area contributed by atoms with Crippen LogP contribution in [-0.4, -0.2) is 48.9 Å². The lowest BCUT2D eigenvalue weighted by atomic mass is 9.87. The topological polar surface area (TPSA) is 61.4 Å². The van der Waals surface area contributed by atoms with Crippen LogP contribution in [0.15, 0.2) is 24.3 Å². The van der Waals surface area contributed by atoms with Gasteiger partial charge in [0.05, 0.1) is 0 Å². The Bertz CT molecular complexity index is 647. The Morgan fingerprint density at radius 2 is 1.82 bits per heavy atom. The third-order valence-electron chi connectivity index (χ3n) is 5.52. The number of nitrogens with zero attached hydrogens (tertiary/aromatic N) is 1. The minimum Gasteiger partial charge on any atom is -0.356 e. The van der Waals surface area contributed by atoms with Crippen LogP contribution in [0.4, 0.5) is 0 Å². The van der Waals surface area contributed by atoms with E-state index >= 15 is 0 Å². The van der Waals surface area contributed by atoms with Crippen LogP contribution in [0.2, 0.25) is 0 Å². The van der Waals surface area contributed by atoms with Crippen molar-refractivity contribution in [1.82, 2.24) is 15.5 Å². The van der Waals surface area contributed by atoms with Gasteiger partial charge < -0.3 is 15.5 Å². The molecule has 1 heterocycles. The quantitative estimate of drug-likeness (QED) is 0.754. The van der Waals surface area contributed by atoms with Gasteiger partial charge in [0, 0.05) is 37.7 Å². The van der Waals surface area contributed by atoms with Crippen LogP contribution in [0.3, 0.4) is 0 Å². The number of rotatable bonds is 7. The molecule has 1 fully saturated rings. The van der Waals surface area contributed by atoms with E-state index in [-0.39, 0.29) is 17.2 Å². The molecule has 5 heteroatoms. The lowest BCUT2D eigenvalue weighted by Crippen LogP contribution is -2.44. The predicted molar refractivity (Wildman–Crippen MR) is 115 cm³/mol. The molecule has 0 saturated carbocycles. The van der Waals surface area contributed by atoms with Gasteiger partial charge in [-0.1, -0.05) is 32.9 Å². The van der Waals surface area contributed by atoms with Gasteiger partial charge in [-0.25, -0.2) is 0 Å². The average Bonchev–Trinajstić information content (AvgIpc) is 2.66. The third kappa shape index (κ3) is 6.93. The van der Waals surface area contributed by atoms with Crippen LogP contribution in [0, 0.1) is 5.92 Å². The van der Waals surface area contributed by atoms with Gasteiger partial charge in [-0.05, 0) is 62.3 Å². The van der Waals surface area contributed by atoms with E-state index in [1.165, 1.54) is 18.4 Å². The first kappa shape index (κ1) is 22.4. The number of carbonyl (C=O) groups is 2. The van der Waals surface area contributed by atoms with Crippen LogP contribution in [-0.2, 0) is 10.2 Å². The largest absolute Gasteiger partial charge is 0.356 e. The summed E-state index contributed by atoms with van der Waals surface area (Å²) in [5.41, 5.74) is 1.89. The minimum atomic E-state index is -0.131. The highest BCUT2D eigenvalue weighted by molar-refractivity contribution is 5.94. The Hall–Kier alpha value is -1.88. The highest BCUT2D eigenvalue weighted by Crippen LogP contribution is 2.22. The number of likely N-dealkylation sites (tertiary alicyclic amines) is 1. The fourth-order valence-electron chi connectivity index (χ4n) is 3.59. The Labute approximate surface area is 170 Å². The molecule has 2 amide bonds. The van der Waals surface area contributed by atoms with Crippen molar-refractivity contribution < 1.29 is 9.59 Å². The zero-order chi connectivity index (χ0) is 20.7. The molecule has 5 nitrogen and oxygen atoms in total. The second-order valence-corrected chi connectivity index (χ2v) is 9.23. The van der Waals surface area contributed by atoms with E-state index < -0.39 is 0 Å². The maximum Gasteiger partial charge on any atom is 0.251 e. The summed E-state index contributed by atoms with van der Waals surface area (Å²) >= 11 is 0. The third-order valence-corrected chi connectivity index (χ3v) is 5.52. The molecule has 156 valence electrons. The fraction of sp³-hybridized carbons (Fsp3) is 0.652. The lowest BCUT2D eigenvalue weighted by molar-refractivity contribution is -0.121. The second-order valence-electron chi connectivity index (χ2n) is 9.23. The number of hydrogen-bond donors (Lipinski definition) is 2. The van der Waals surface area contributed by atoms with Crippen molar-refractivity contribution in [3.63, 3.8) is 0 Å². The molecule has 0 aliphatic carbocycles. The van der Waals surface area contributed by atoms with Gasteiger partial charge in [0.25, 0.3) is 5.91 Å². The standard InChI is InChI=1S/C23H37N3O2/c1-17(2)26-14-6-7-18(16-26)15-25-21(27)12-13-24-22(28)19-8-10-20(11-9-19)23(3,4)5/h8-11,17-18H,6-7,12-16H2,1-5H3,(H,24,28)(H,25,27). The van der Waals surface area contributed by atoms with Crippen molar-refractivity contribution in [2.45, 2.75) is 65.3 Å². The van der Waals surface area contributed by atoms with E-state index in [1.54, 1.807) is 0 Å². The van der Waals surface area contributed by atoms with Crippen LogP contribution in [0.25, 0.3) is 0 Å². The van der Waals surface area contributed by atoms with Crippen LogP contribution in [0.5, 0.6) is 0 Å². The first-order valence-electron chi connectivity index (χ1n) is 10.6. The molecule has 1 aliphatic heterocycles. The first-order valence-corrected chi connectivity index (χ1v) is 10.6. The highest BCUT2D eigenvalue weighted by atomic mass is 16.2. The van der Waals surface area contributed by atoms with E-state index in [0.29, 0.717) is 30.5 Å². The highest BCUT2D eigenvalue weighted by Gasteiger charge is 2.22. The summed E-state index contributed by atoms with van der Waals surface area (Å²) < 4.78 is 0. The van der Waals surface area contributed by atoms with E-state index in [2.05, 4.69) is 50.2 Å². The molecule has 2 N–H and O–H groups in total. The molecule has 0 aromatic heterocycles. The summed E-state index contributed by atoms with van der Waals surface area (Å²) in [5.74, 6) is 0.397. The van der Waals surface area contributed by atoms with E-state index in [1.807, 2.05) is 24.3 Å². The van der Waals surface area contributed by atoms with E-state index in [4.69, 9.17) is 0 Å². The number of piperidine rings is 1. The summed E-state index contributed by atoms with van der Waals surface area (Å²) in [5, 5.41) is 5.87. The SMILES string of the molecule is CC(C)N1CCCC(CNC(=O)CCNC(=O)c2ccc(C(C)(C)C)cc2)C1. The number of hydrogen-bond acceptors (Lipinski definition) is 3. The first-order chi connectivity index (χ1) is 13.2. The summed E-state index contributed by atoms with van der Waals surface area (Å²) in [7, 11) is 0. The molecule has 1 aromatic rings. The Kier molecular flexibility index (Phi) is 8.05. The number of carbonyl (C=O) groups excluding carboxylic acids is 2. The summed E-state index contributed by atoms with van der Waals surface area (Å²) in [6, 6.07) is 8.24. The smallest absolute Gasteiger partial charge is 0.251 e. The number of nitrogens with one attached hydrogen (secondary N) is 2. The minimum absolute atomic E-state index is 0.00468. The van der Waals surface area contributed by atoms with Gasteiger partial charge in [0.15, 0.2) is 0 Å². The number of amides is 2. The molecular weight excluding hydrogens is 350 g/mol. The Morgan fingerprint density at radius 1 is 1.14 bits per heavy atom. The Morgan fingerprint density at radius 3 is 2.43 bits per heavy atom. The molecule has 0 spiro atoms. The maximum absolute atomic E-state index is 12.2. The van der Waals surface area contributed by atoms with E-state index in [0.717, 1.165) is 19.6 Å². The second kappa shape index (κ2) is 10.1. The molecule has 1 atom stereocenters. The summed E-state index contributed by atoms with van der Waals surface area (Å²) in [6.45, 7) is 14.2. The van der Waals surface area contributed by atoms with Crippen molar-refractivity contribution in [2.75, 3.05) is 26.2 Å². The van der Waals surface area contributed by atoms with Crippen molar-refractivity contribution in [3.05, 3.63) is 35.4 Å². The van der Waals surface area contributed by atoms with Crippen molar-refractivity contribution >= 4 is 11.8 Å². The van der Waals surface area contributed by atoms with Crippen LogP contribution >= 0.6 is 0 Å². The molecular formula is C23H37N3O2. The monoisotopic (exact) mass is 387 g/mol. The Balaban J connectivity index is 1.68. The molecule has 28 heavy (non-hydrogen) atoms. The summed E-state index contributed by atoms with van der Waals surface area (Å²) in [6.07, 6.45) is 2.68. The zero-order valence-electron chi connectivity index (χ0n) is 18.2. The van der Waals surface area contributed by atoms with Crippen molar-refractivity contribution in [2.24, 2.45) is 5.92 Å². The van der Waals surface area contributed by atoms with Crippen molar-refractivity contribution in [1.29, 1.82) is 0 Å². The molecule has 1 aliphatic rings. The van der Waals surface area contributed by atoms with Gasteiger partial charge in [0.1, 0.15) is 0 Å². The van der Waals surface area contributed by atoms with Gasteiger partial charge >= 0.3 is 0 Å². The fourth-order valence-corrected chi connectivity index (χ4v) is 3.59. The molecule has 2 rings (SSSR count). The zero-order valence-corrected chi connectivity index (χ0v) is 18.2. The normalized spacial score (nSPS) is 18.1. The number of benzene rings is 1. The van der Waals surface area contributed by atoms with Gasteiger partial charge in [-0.3, -0.25) is 9.59 Å². The maximum atomic E-state index is 12.2. The van der Waals surface area contributed by atoms with Crippen molar-refractivity contribution in [3.8, 4) is 0 Å². The molecule has 0 bridgehead atoms. The lowest BCUT2D eigenvalue weighted by Gasteiger charge is -2.35. The van der Waals surface area contributed by atoms with Gasteiger partial charge in [0.2, 0.25) is 5.91 Å². The van der Waals surface area contributed by atoms with E-state index in [9.17, 15) is 9.59 Å². The molecule has 0 radical (unpaired) electrons. The predicted octanol–water partition coefficient (Wildman–Crippen LogP) is 3.34. The molecule has 1 unspecified atom stereocenters. The molecule has 1 saturated heterocycles. The van der Waals surface area contributed by atoms with Gasteiger partial charge in [-0.2, -0.15) is 0 Å². The summed E-state index contributed by atoms with van der Waals surface area (Å²) in [4.78, 5) is 26.8. The van der Waals surface area contributed by atoms with Crippen LogP contribution < -0.4 is 10.6 Å². The van der Waals surface area contributed by atoms with Crippen LogP contribution in [0.1, 0.15) is 69.8 Å². The van der Waals surface area contributed by atoms with Gasteiger partial charge in [-0.15, -0.1) is 0 Å².